The monoisotopic (exact) mass is 205 g/mol. The Morgan fingerprint density at radius 3 is 2.87 bits per heavy atom. The van der Waals surface area contributed by atoms with Gasteiger partial charge in [0.1, 0.15) is 5.75 Å². The lowest BCUT2D eigenvalue weighted by atomic mass is 10.1. The highest BCUT2D eigenvalue weighted by molar-refractivity contribution is 6.06. The summed E-state index contributed by atoms with van der Waals surface area (Å²) in [6.45, 7) is 1.81. The van der Waals surface area contributed by atoms with Gasteiger partial charge in [0, 0.05) is 12.3 Å². The third kappa shape index (κ3) is 1.52. The predicted octanol–water partition coefficient (Wildman–Crippen LogP) is 1.01. The number of carbonyl (C=O) groups excluding carboxylic acids is 1. The molecule has 0 radical (unpaired) electrons. The molecule has 1 aliphatic rings. The molecule has 5 heteroatoms. The van der Waals surface area contributed by atoms with Crippen LogP contribution in [0.25, 0.3) is 0 Å². The van der Waals surface area contributed by atoms with Crippen LogP contribution in [0.5, 0.6) is 5.75 Å². The summed E-state index contributed by atoms with van der Waals surface area (Å²) in [6.07, 6.45) is 1.83. The molecule has 1 aromatic carbocycles. The van der Waals surface area contributed by atoms with Crippen LogP contribution in [-0.4, -0.2) is 17.2 Å². The fraction of sp³-hybridized carbons (Fsp3) is 0.200. The maximum absolute atomic E-state index is 11.4. The largest absolute Gasteiger partial charge is 0.506 e. The first-order valence-electron chi connectivity index (χ1n) is 4.54. The summed E-state index contributed by atoms with van der Waals surface area (Å²) >= 11 is 0. The molecular weight excluding hydrogens is 194 g/mol. The minimum atomic E-state index is -0.109. The minimum absolute atomic E-state index is 0.0366. The number of nitrogens with two attached hydrogens (primary N) is 1. The summed E-state index contributed by atoms with van der Waals surface area (Å²) in [5.74, 6) is -0.146. The van der Waals surface area contributed by atoms with E-state index in [2.05, 4.69) is 5.10 Å². The number of anilines is 2. The summed E-state index contributed by atoms with van der Waals surface area (Å²) in [5.41, 5.74) is 7.20. The standard InChI is InChI=1S/C10H11N3O2/c1-6-4-7(11)9(14)5-8(6)13-10(15)2-3-12-13/h3-5,14H,2,11H2,1H3. The molecule has 0 fully saturated rings. The molecule has 0 saturated heterocycles. The summed E-state index contributed by atoms with van der Waals surface area (Å²) in [5, 5.41) is 14.7. The van der Waals surface area contributed by atoms with E-state index in [1.165, 1.54) is 17.3 Å². The number of carbonyl (C=O) groups is 1. The Morgan fingerprint density at radius 1 is 1.53 bits per heavy atom. The molecule has 0 unspecified atom stereocenters. The number of hydrazone groups is 1. The van der Waals surface area contributed by atoms with Crippen LogP contribution in [0.1, 0.15) is 12.0 Å². The molecular formula is C10H11N3O2. The molecule has 0 aromatic heterocycles. The number of aromatic hydroxyl groups is 1. The Balaban J connectivity index is 2.48. The Bertz CT molecular complexity index is 454. The van der Waals surface area contributed by atoms with E-state index in [1.54, 1.807) is 6.07 Å². The first kappa shape index (κ1) is 9.51. The first-order chi connectivity index (χ1) is 7.09. The van der Waals surface area contributed by atoms with Gasteiger partial charge in [0.2, 0.25) is 0 Å². The summed E-state index contributed by atoms with van der Waals surface area (Å²) in [7, 11) is 0. The summed E-state index contributed by atoms with van der Waals surface area (Å²) < 4.78 is 0. The van der Waals surface area contributed by atoms with Gasteiger partial charge in [-0.25, -0.2) is 5.01 Å². The quantitative estimate of drug-likeness (QED) is 0.530. The number of benzene rings is 1. The van der Waals surface area contributed by atoms with Crippen molar-refractivity contribution in [2.75, 3.05) is 10.7 Å². The average Bonchev–Trinajstić information content (AvgIpc) is 2.58. The molecule has 0 saturated carbocycles. The van der Waals surface area contributed by atoms with Crippen LogP contribution < -0.4 is 10.7 Å². The average molecular weight is 205 g/mol. The summed E-state index contributed by atoms with van der Waals surface area (Å²) in [4.78, 5) is 11.4. The van der Waals surface area contributed by atoms with Crippen LogP contribution in [0.4, 0.5) is 11.4 Å². The van der Waals surface area contributed by atoms with E-state index in [0.717, 1.165) is 5.56 Å². The van der Waals surface area contributed by atoms with Gasteiger partial charge in [-0.1, -0.05) is 0 Å². The molecule has 1 aromatic rings. The highest BCUT2D eigenvalue weighted by Crippen LogP contribution is 2.31. The number of nitrogens with zero attached hydrogens (tertiary/aromatic N) is 2. The van der Waals surface area contributed by atoms with Gasteiger partial charge in [-0.15, -0.1) is 0 Å². The number of hydrogen-bond acceptors (Lipinski definition) is 4. The van der Waals surface area contributed by atoms with Crippen LogP contribution in [0.2, 0.25) is 0 Å². The SMILES string of the molecule is Cc1cc(N)c(O)cc1N1N=CCC1=O. The van der Waals surface area contributed by atoms with Gasteiger partial charge in [-0.2, -0.15) is 5.10 Å². The minimum Gasteiger partial charge on any atom is -0.506 e. The number of hydrogen-bond donors (Lipinski definition) is 2. The highest BCUT2D eigenvalue weighted by atomic mass is 16.3. The van der Waals surface area contributed by atoms with E-state index in [-0.39, 0.29) is 11.7 Å². The second kappa shape index (κ2) is 3.27. The van der Waals surface area contributed by atoms with Gasteiger partial charge in [0.15, 0.2) is 0 Å². The molecule has 2 rings (SSSR count). The molecule has 1 amide bonds. The third-order valence-corrected chi connectivity index (χ3v) is 2.27. The number of nitrogen functional groups attached to an aromatic ring is 1. The smallest absolute Gasteiger partial charge is 0.252 e. The van der Waals surface area contributed by atoms with Crippen LogP contribution in [0.3, 0.4) is 0 Å². The zero-order chi connectivity index (χ0) is 11.0. The van der Waals surface area contributed by atoms with Gasteiger partial charge < -0.3 is 10.8 Å². The zero-order valence-corrected chi connectivity index (χ0v) is 8.27. The fourth-order valence-corrected chi connectivity index (χ4v) is 1.48. The number of phenolic OH excluding ortho intramolecular Hbond substituents is 1. The molecule has 1 aliphatic heterocycles. The van der Waals surface area contributed by atoms with Gasteiger partial charge in [-0.3, -0.25) is 4.79 Å². The molecule has 1 heterocycles. The van der Waals surface area contributed by atoms with Crippen molar-refractivity contribution < 1.29 is 9.90 Å². The second-order valence-corrected chi connectivity index (χ2v) is 3.41. The van der Waals surface area contributed by atoms with E-state index in [1.807, 2.05) is 6.92 Å². The lowest BCUT2D eigenvalue weighted by Gasteiger charge is -2.15. The normalized spacial score (nSPS) is 15.0. The predicted molar refractivity (Wildman–Crippen MR) is 57.9 cm³/mol. The Morgan fingerprint density at radius 2 is 2.27 bits per heavy atom. The van der Waals surface area contributed by atoms with Crippen molar-refractivity contribution in [3.05, 3.63) is 17.7 Å². The molecule has 0 aliphatic carbocycles. The van der Waals surface area contributed by atoms with Crippen molar-refractivity contribution in [1.82, 2.24) is 0 Å². The van der Waals surface area contributed by atoms with E-state index in [9.17, 15) is 9.90 Å². The van der Waals surface area contributed by atoms with E-state index < -0.39 is 0 Å². The van der Waals surface area contributed by atoms with Gasteiger partial charge in [0.25, 0.3) is 5.91 Å². The van der Waals surface area contributed by atoms with Crippen molar-refractivity contribution in [3.63, 3.8) is 0 Å². The Labute approximate surface area is 86.8 Å². The number of rotatable bonds is 1. The molecule has 5 nitrogen and oxygen atoms in total. The van der Waals surface area contributed by atoms with Crippen molar-refractivity contribution >= 4 is 23.5 Å². The van der Waals surface area contributed by atoms with E-state index >= 15 is 0 Å². The molecule has 0 bridgehead atoms. The number of phenols is 1. The van der Waals surface area contributed by atoms with E-state index in [0.29, 0.717) is 17.8 Å². The van der Waals surface area contributed by atoms with Gasteiger partial charge in [0.05, 0.1) is 17.8 Å². The maximum atomic E-state index is 11.4. The molecule has 0 atom stereocenters. The number of aryl methyl sites for hydroxylation is 1. The molecule has 3 N–H and O–H groups in total. The van der Waals surface area contributed by atoms with Crippen LogP contribution in [0, 0.1) is 6.92 Å². The lowest BCUT2D eigenvalue weighted by Crippen LogP contribution is -2.20. The third-order valence-electron chi connectivity index (χ3n) is 2.27. The van der Waals surface area contributed by atoms with Crippen LogP contribution in [-0.2, 0) is 4.79 Å². The topological polar surface area (TPSA) is 78.9 Å². The van der Waals surface area contributed by atoms with Crippen molar-refractivity contribution in [1.29, 1.82) is 0 Å². The Hall–Kier alpha value is -2.04. The van der Waals surface area contributed by atoms with Crippen LogP contribution in [0.15, 0.2) is 17.2 Å². The summed E-state index contributed by atoms with van der Waals surface area (Å²) in [6, 6.07) is 3.07. The Kier molecular flexibility index (Phi) is 2.07. The van der Waals surface area contributed by atoms with Crippen molar-refractivity contribution in [2.45, 2.75) is 13.3 Å². The van der Waals surface area contributed by atoms with Crippen LogP contribution >= 0.6 is 0 Å². The molecule has 78 valence electrons. The van der Waals surface area contributed by atoms with Crippen molar-refractivity contribution in [2.24, 2.45) is 5.10 Å². The number of amides is 1. The lowest BCUT2D eigenvalue weighted by molar-refractivity contribution is -0.116. The first-order valence-corrected chi connectivity index (χ1v) is 4.54. The zero-order valence-electron chi connectivity index (χ0n) is 8.27. The maximum Gasteiger partial charge on any atom is 0.252 e. The molecule has 15 heavy (non-hydrogen) atoms. The second-order valence-electron chi connectivity index (χ2n) is 3.41. The van der Waals surface area contributed by atoms with E-state index in [4.69, 9.17) is 5.73 Å². The fourth-order valence-electron chi connectivity index (χ4n) is 1.48. The van der Waals surface area contributed by atoms with Crippen molar-refractivity contribution in [3.8, 4) is 5.75 Å². The van der Waals surface area contributed by atoms with Gasteiger partial charge >= 0.3 is 0 Å². The van der Waals surface area contributed by atoms with Gasteiger partial charge in [-0.05, 0) is 18.6 Å². The highest BCUT2D eigenvalue weighted by Gasteiger charge is 2.21. The molecule has 0 spiro atoms.